The molecule has 3 heterocycles. The van der Waals surface area contributed by atoms with E-state index in [1.165, 1.54) is 12.1 Å². The first-order chi connectivity index (χ1) is 14.9. The summed E-state index contributed by atoms with van der Waals surface area (Å²) in [5.74, 6) is 0.378. The van der Waals surface area contributed by atoms with E-state index >= 15 is 0 Å². The SMILES string of the molecule is Cc1cc(Oc2c(F)cc(COc3cc4n(c(=O)n3)C[C@H](C)N4C)cc2C#N)ccn1. The molecule has 0 amide bonds. The van der Waals surface area contributed by atoms with Gasteiger partial charge in [-0.05, 0) is 37.6 Å². The fraction of sp³-hybridized carbons (Fsp3) is 0.273. The summed E-state index contributed by atoms with van der Waals surface area (Å²) in [4.78, 5) is 22.2. The molecule has 1 aliphatic heterocycles. The number of halogens is 1. The van der Waals surface area contributed by atoms with E-state index in [-0.39, 0.29) is 29.8 Å². The van der Waals surface area contributed by atoms with Crippen LogP contribution in [0.3, 0.4) is 0 Å². The van der Waals surface area contributed by atoms with Crippen LogP contribution < -0.4 is 20.1 Å². The van der Waals surface area contributed by atoms with Gasteiger partial charge in [0.25, 0.3) is 0 Å². The minimum atomic E-state index is -0.692. The zero-order valence-electron chi connectivity index (χ0n) is 17.3. The molecule has 1 atom stereocenters. The highest BCUT2D eigenvalue weighted by Crippen LogP contribution is 2.30. The molecule has 9 heteroatoms. The van der Waals surface area contributed by atoms with E-state index in [2.05, 4.69) is 9.97 Å². The van der Waals surface area contributed by atoms with Crippen LogP contribution in [0.4, 0.5) is 10.2 Å². The lowest BCUT2D eigenvalue weighted by molar-refractivity contribution is 0.290. The van der Waals surface area contributed by atoms with Gasteiger partial charge in [0.15, 0.2) is 11.6 Å². The molecule has 0 N–H and O–H groups in total. The first-order valence-electron chi connectivity index (χ1n) is 9.66. The Hall–Kier alpha value is -3.93. The van der Waals surface area contributed by atoms with Gasteiger partial charge < -0.3 is 14.4 Å². The number of anilines is 1. The van der Waals surface area contributed by atoms with Gasteiger partial charge in [0.1, 0.15) is 24.2 Å². The molecule has 2 aromatic heterocycles. The van der Waals surface area contributed by atoms with Crippen LogP contribution in [0, 0.1) is 24.1 Å². The van der Waals surface area contributed by atoms with Crippen molar-refractivity contribution in [2.45, 2.75) is 33.0 Å². The second-order valence-electron chi connectivity index (χ2n) is 7.40. The highest BCUT2D eigenvalue weighted by Gasteiger charge is 2.25. The second kappa shape index (κ2) is 8.07. The van der Waals surface area contributed by atoms with Crippen molar-refractivity contribution in [3.63, 3.8) is 0 Å². The smallest absolute Gasteiger partial charge is 0.352 e. The van der Waals surface area contributed by atoms with Gasteiger partial charge in [0, 0.05) is 43.7 Å². The van der Waals surface area contributed by atoms with Crippen molar-refractivity contribution in [2.75, 3.05) is 11.9 Å². The number of aromatic nitrogens is 3. The molecule has 31 heavy (non-hydrogen) atoms. The minimum absolute atomic E-state index is 0.0311. The third-order valence-corrected chi connectivity index (χ3v) is 5.13. The van der Waals surface area contributed by atoms with Crippen LogP contribution in [0.25, 0.3) is 0 Å². The van der Waals surface area contributed by atoms with Crippen molar-refractivity contribution in [2.24, 2.45) is 0 Å². The first kappa shape index (κ1) is 20.3. The van der Waals surface area contributed by atoms with Gasteiger partial charge in [-0.25, -0.2) is 9.18 Å². The number of fused-ring (bicyclic) bond motifs is 1. The molecular weight excluding hydrogens is 401 g/mol. The number of nitriles is 1. The molecule has 0 spiro atoms. The van der Waals surface area contributed by atoms with Gasteiger partial charge in [-0.15, -0.1) is 0 Å². The topological polar surface area (TPSA) is 93.3 Å². The summed E-state index contributed by atoms with van der Waals surface area (Å²) in [6, 6.07) is 9.75. The predicted molar refractivity (Wildman–Crippen MR) is 111 cm³/mol. The van der Waals surface area contributed by atoms with Crippen LogP contribution in [0.1, 0.15) is 23.7 Å². The van der Waals surface area contributed by atoms with Gasteiger partial charge in [-0.3, -0.25) is 9.55 Å². The van der Waals surface area contributed by atoms with Crippen molar-refractivity contribution < 1.29 is 13.9 Å². The van der Waals surface area contributed by atoms with Crippen LogP contribution in [0.5, 0.6) is 17.4 Å². The Morgan fingerprint density at radius 3 is 2.87 bits per heavy atom. The van der Waals surface area contributed by atoms with Crippen molar-refractivity contribution in [3.05, 3.63) is 69.7 Å². The van der Waals surface area contributed by atoms with Crippen LogP contribution in [-0.4, -0.2) is 27.6 Å². The average Bonchev–Trinajstić information content (AvgIpc) is 3.03. The molecule has 3 aromatic rings. The van der Waals surface area contributed by atoms with Crippen LogP contribution in [0.2, 0.25) is 0 Å². The van der Waals surface area contributed by atoms with E-state index in [1.54, 1.807) is 35.9 Å². The van der Waals surface area contributed by atoms with Gasteiger partial charge >= 0.3 is 5.69 Å². The molecule has 0 radical (unpaired) electrons. The van der Waals surface area contributed by atoms with Gasteiger partial charge in [0.2, 0.25) is 5.88 Å². The molecule has 0 bridgehead atoms. The number of nitrogens with zero attached hydrogens (tertiary/aromatic N) is 5. The van der Waals surface area contributed by atoms with Crippen molar-refractivity contribution >= 4 is 5.82 Å². The summed E-state index contributed by atoms with van der Waals surface area (Å²) in [6.45, 7) is 4.30. The summed E-state index contributed by atoms with van der Waals surface area (Å²) >= 11 is 0. The molecule has 0 unspecified atom stereocenters. The van der Waals surface area contributed by atoms with Crippen LogP contribution in [-0.2, 0) is 13.2 Å². The molecule has 0 aliphatic carbocycles. The normalized spacial score (nSPS) is 14.8. The number of rotatable bonds is 5. The summed E-state index contributed by atoms with van der Waals surface area (Å²) in [5, 5.41) is 9.47. The highest BCUT2D eigenvalue weighted by molar-refractivity contribution is 5.49. The Kier molecular flexibility index (Phi) is 5.29. The lowest BCUT2D eigenvalue weighted by atomic mass is 10.1. The standard InChI is InChI=1S/C22H20FN5O3/c1-13-6-17(4-5-25-13)31-21-16(10-24)7-15(8-18(21)23)12-30-19-9-20-27(3)14(2)11-28(20)22(29)26-19/h4-9,14H,11-12H2,1-3H3/t14-/m0/s1. The minimum Gasteiger partial charge on any atom is -0.473 e. The Bertz CT molecular complexity index is 1250. The van der Waals surface area contributed by atoms with Gasteiger partial charge in [-0.1, -0.05) is 0 Å². The molecule has 8 nitrogen and oxygen atoms in total. The molecule has 0 saturated carbocycles. The highest BCUT2D eigenvalue weighted by atomic mass is 19.1. The van der Waals surface area contributed by atoms with E-state index in [0.29, 0.717) is 29.4 Å². The molecule has 158 valence electrons. The largest absolute Gasteiger partial charge is 0.473 e. The molecule has 1 aromatic carbocycles. The Morgan fingerprint density at radius 1 is 1.32 bits per heavy atom. The Morgan fingerprint density at radius 2 is 2.13 bits per heavy atom. The maximum absolute atomic E-state index is 14.7. The third kappa shape index (κ3) is 4.05. The van der Waals surface area contributed by atoms with Gasteiger partial charge in [0.05, 0.1) is 5.56 Å². The maximum Gasteiger partial charge on any atom is 0.352 e. The molecule has 1 aliphatic rings. The molecule has 4 rings (SSSR count). The summed E-state index contributed by atoms with van der Waals surface area (Å²) < 4.78 is 27.5. The average molecular weight is 421 g/mol. The van der Waals surface area contributed by atoms with Crippen LogP contribution in [0.15, 0.2) is 41.3 Å². The quantitative estimate of drug-likeness (QED) is 0.625. The number of pyridine rings is 1. The van der Waals surface area contributed by atoms with E-state index in [4.69, 9.17) is 9.47 Å². The molecule has 0 fully saturated rings. The van der Waals surface area contributed by atoms with Crippen molar-refractivity contribution in [1.29, 1.82) is 5.26 Å². The number of hydrogen-bond acceptors (Lipinski definition) is 7. The number of benzene rings is 1. The Balaban J connectivity index is 1.55. The fourth-order valence-corrected chi connectivity index (χ4v) is 3.40. The molecular formula is C22H20FN5O3. The van der Waals surface area contributed by atoms with Crippen LogP contribution >= 0.6 is 0 Å². The Labute approximate surface area is 178 Å². The number of aryl methyl sites for hydroxylation is 1. The van der Waals surface area contributed by atoms with E-state index in [0.717, 1.165) is 0 Å². The maximum atomic E-state index is 14.7. The molecule has 0 saturated heterocycles. The lowest BCUT2D eigenvalue weighted by Crippen LogP contribution is -2.23. The monoisotopic (exact) mass is 421 g/mol. The zero-order chi connectivity index (χ0) is 22.1. The van der Waals surface area contributed by atoms with E-state index < -0.39 is 11.5 Å². The second-order valence-corrected chi connectivity index (χ2v) is 7.40. The predicted octanol–water partition coefficient (Wildman–Crippen LogP) is 3.17. The first-order valence-corrected chi connectivity index (χ1v) is 9.66. The summed E-state index contributed by atoms with van der Waals surface area (Å²) in [6.07, 6.45) is 1.54. The van der Waals surface area contributed by atoms with E-state index in [9.17, 15) is 14.4 Å². The summed E-state index contributed by atoms with van der Waals surface area (Å²) in [5.41, 5.74) is 0.753. The number of ether oxygens (including phenoxy) is 2. The third-order valence-electron chi connectivity index (χ3n) is 5.13. The summed E-state index contributed by atoms with van der Waals surface area (Å²) in [7, 11) is 1.89. The van der Waals surface area contributed by atoms with Crippen molar-refractivity contribution in [1.82, 2.24) is 14.5 Å². The number of likely N-dealkylation sites (N-methyl/N-ethyl adjacent to an activating group) is 1. The fourth-order valence-electron chi connectivity index (χ4n) is 3.40. The lowest BCUT2D eigenvalue weighted by Gasteiger charge is -2.16. The van der Waals surface area contributed by atoms with Crippen molar-refractivity contribution in [3.8, 4) is 23.4 Å². The van der Waals surface area contributed by atoms with E-state index in [1.807, 2.05) is 24.9 Å². The number of hydrogen-bond donors (Lipinski definition) is 0. The zero-order valence-corrected chi connectivity index (χ0v) is 17.3. The van der Waals surface area contributed by atoms with Gasteiger partial charge in [-0.2, -0.15) is 10.2 Å².